The summed E-state index contributed by atoms with van der Waals surface area (Å²) in [5.74, 6) is -0.804. The minimum absolute atomic E-state index is 0.0476. The maximum Gasteiger partial charge on any atom is 0.309 e. The van der Waals surface area contributed by atoms with E-state index in [1.807, 2.05) is 6.08 Å². The zero-order valence-corrected chi connectivity index (χ0v) is 13.5. The number of esters is 1. The number of aliphatic hydroxyl groups is 3. The molecule has 0 bridgehead atoms. The first-order chi connectivity index (χ1) is 10.3. The SMILES string of the molecule is CC(C)C(O)(CC(=O)OCC1=CCN2CCC(O)C12)C(C)O. The Bertz CT molecular complexity index is 438. The molecule has 0 aromatic rings. The minimum atomic E-state index is -1.49. The van der Waals surface area contributed by atoms with Gasteiger partial charge in [-0.05, 0) is 24.8 Å². The lowest BCUT2D eigenvalue weighted by atomic mass is 9.83. The molecule has 0 aromatic carbocycles. The van der Waals surface area contributed by atoms with E-state index in [4.69, 9.17) is 4.74 Å². The summed E-state index contributed by atoms with van der Waals surface area (Å²) in [5, 5.41) is 30.1. The Labute approximate surface area is 131 Å². The van der Waals surface area contributed by atoms with Crippen molar-refractivity contribution < 1.29 is 24.9 Å². The number of ether oxygens (including phenoxy) is 1. The molecule has 6 heteroatoms. The molecule has 1 saturated heterocycles. The molecule has 0 spiro atoms. The third-order valence-corrected chi connectivity index (χ3v) is 4.99. The fourth-order valence-electron chi connectivity index (χ4n) is 3.30. The highest BCUT2D eigenvalue weighted by atomic mass is 16.5. The Balaban J connectivity index is 1.88. The Kier molecular flexibility index (Phi) is 5.27. The second-order valence-electron chi connectivity index (χ2n) is 6.73. The van der Waals surface area contributed by atoms with Crippen molar-refractivity contribution in [2.45, 2.75) is 57.5 Å². The third kappa shape index (κ3) is 3.35. The van der Waals surface area contributed by atoms with Gasteiger partial charge in [0.05, 0.1) is 24.7 Å². The Hall–Kier alpha value is -0.950. The molecule has 2 heterocycles. The van der Waals surface area contributed by atoms with Crippen LogP contribution in [0.2, 0.25) is 0 Å². The van der Waals surface area contributed by atoms with Crippen LogP contribution in [-0.2, 0) is 9.53 Å². The van der Waals surface area contributed by atoms with Crippen molar-refractivity contribution in [1.29, 1.82) is 0 Å². The Morgan fingerprint density at radius 3 is 2.77 bits per heavy atom. The molecular weight excluding hydrogens is 286 g/mol. The molecule has 2 aliphatic rings. The van der Waals surface area contributed by atoms with Gasteiger partial charge in [0.1, 0.15) is 12.2 Å². The van der Waals surface area contributed by atoms with Crippen LogP contribution in [0.4, 0.5) is 0 Å². The van der Waals surface area contributed by atoms with Crippen LogP contribution >= 0.6 is 0 Å². The van der Waals surface area contributed by atoms with Gasteiger partial charge in [-0.25, -0.2) is 0 Å². The quantitative estimate of drug-likeness (QED) is 0.475. The van der Waals surface area contributed by atoms with E-state index in [2.05, 4.69) is 4.90 Å². The van der Waals surface area contributed by atoms with Crippen molar-refractivity contribution in [2.75, 3.05) is 19.7 Å². The first kappa shape index (κ1) is 17.4. The predicted octanol–water partition coefficient (Wildman–Crippen LogP) is 0.0628. The second kappa shape index (κ2) is 6.66. The Morgan fingerprint density at radius 1 is 1.50 bits per heavy atom. The van der Waals surface area contributed by atoms with Crippen molar-refractivity contribution in [1.82, 2.24) is 4.90 Å². The van der Waals surface area contributed by atoms with Crippen LogP contribution in [0.25, 0.3) is 0 Å². The van der Waals surface area contributed by atoms with Crippen LogP contribution in [0.1, 0.15) is 33.6 Å². The van der Waals surface area contributed by atoms with E-state index in [0.717, 1.165) is 25.1 Å². The molecule has 3 N–H and O–H groups in total. The maximum atomic E-state index is 12.0. The summed E-state index contributed by atoms with van der Waals surface area (Å²) < 4.78 is 5.26. The van der Waals surface area contributed by atoms with Gasteiger partial charge in [0.25, 0.3) is 0 Å². The molecule has 0 radical (unpaired) electrons. The molecule has 4 atom stereocenters. The number of rotatable bonds is 6. The lowest BCUT2D eigenvalue weighted by molar-refractivity contribution is -0.159. The highest BCUT2D eigenvalue weighted by Crippen LogP contribution is 2.30. The van der Waals surface area contributed by atoms with Crippen molar-refractivity contribution in [2.24, 2.45) is 5.92 Å². The monoisotopic (exact) mass is 313 g/mol. The molecule has 22 heavy (non-hydrogen) atoms. The lowest BCUT2D eigenvalue weighted by Crippen LogP contribution is -2.47. The molecule has 6 nitrogen and oxygen atoms in total. The predicted molar refractivity (Wildman–Crippen MR) is 81.1 cm³/mol. The largest absolute Gasteiger partial charge is 0.461 e. The van der Waals surface area contributed by atoms with E-state index in [9.17, 15) is 20.1 Å². The van der Waals surface area contributed by atoms with E-state index >= 15 is 0 Å². The summed E-state index contributed by atoms with van der Waals surface area (Å²) in [6, 6.07) is -0.0476. The van der Waals surface area contributed by atoms with Crippen molar-refractivity contribution in [3.63, 3.8) is 0 Å². The number of hydrogen-bond donors (Lipinski definition) is 3. The molecular formula is C16H27NO5. The number of fused-ring (bicyclic) bond motifs is 1. The van der Waals surface area contributed by atoms with Gasteiger partial charge in [-0.1, -0.05) is 19.9 Å². The van der Waals surface area contributed by atoms with E-state index in [-0.39, 0.29) is 25.0 Å². The highest BCUT2D eigenvalue weighted by molar-refractivity contribution is 5.71. The van der Waals surface area contributed by atoms with Crippen LogP contribution in [0.5, 0.6) is 0 Å². The van der Waals surface area contributed by atoms with Crippen molar-refractivity contribution in [3.05, 3.63) is 11.6 Å². The van der Waals surface area contributed by atoms with E-state index < -0.39 is 23.8 Å². The summed E-state index contributed by atoms with van der Waals surface area (Å²) in [6.07, 6.45) is 1.07. The summed E-state index contributed by atoms with van der Waals surface area (Å²) in [5.41, 5.74) is -0.566. The van der Waals surface area contributed by atoms with Gasteiger partial charge in [0.15, 0.2) is 0 Å². The number of nitrogens with zero attached hydrogens (tertiary/aromatic N) is 1. The van der Waals surface area contributed by atoms with E-state index in [1.54, 1.807) is 13.8 Å². The molecule has 0 amide bonds. The number of carbonyl (C=O) groups excluding carboxylic acids is 1. The zero-order valence-electron chi connectivity index (χ0n) is 13.5. The number of hydrogen-bond acceptors (Lipinski definition) is 6. The van der Waals surface area contributed by atoms with Gasteiger partial charge in [-0.2, -0.15) is 0 Å². The van der Waals surface area contributed by atoms with Gasteiger partial charge in [0, 0.05) is 13.1 Å². The standard InChI is InChI=1S/C16H27NO5/c1-10(2)16(21,11(3)18)8-14(20)22-9-12-4-6-17-7-5-13(19)15(12)17/h4,10-11,13,15,18-19,21H,5-9H2,1-3H3. The summed E-state index contributed by atoms with van der Waals surface area (Å²) in [6.45, 7) is 6.75. The zero-order chi connectivity index (χ0) is 16.5. The van der Waals surface area contributed by atoms with Crippen molar-refractivity contribution >= 4 is 5.97 Å². The van der Waals surface area contributed by atoms with Crippen LogP contribution in [-0.4, -0.2) is 69.7 Å². The minimum Gasteiger partial charge on any atom is -0.461 e. The molecule has 4 unspecified atom stereocenters. The van der Waals surface area contributed by atoms with Gasteiger partial charge in [0.2, 0.25) is 0 Å². The van der Waals surface area contributed by atoms with Gasteiger partial charge in [-0.15, -0.1) is 0 Å². The average molecular weight is 313 g/mol. The molecule has 1 fully saturated rings. The molecule has 2 rings (SSSR count). The summed E-state index contributed by atoms with van der Waals surface area (Å²) >= 11 is 0. The lowest BCUT2D eigenvalue weighted by Gasteiger charge is -2.34. The first-order valence-corrected chi connectivity index (χ1v) is 7.92. The van der Waals surface area contributed by atoms with Gasteiger partial charge in [-0.3, -0.25) is 9.69 Å². The Morgan fingerprint density at radius 2 is 2.18 bits per heavy atom. The second-order valence-corrected chi connectivity index (χ2v) is 6.73. The number of aliphatic hydroxyl groups excluding tert-OH is 2. The summed E-state index contributed by atoms with van der Waals surface area (Å²) in [7, 11) is 0. The average Bonchev–Trinajstić information content (AvgIpc) is 2.99. The number of carbonyl (C=O) groups is 1. The molecule has 0 saturated carbocycles. The highest BCUT2D eigenvalue weighted by Gasteiger charge is 2.41. The smallest absolute Gasteiger partial charge is 0.309 e. The molecule has 0 aromatic heterocycles. The van der Waals surface area contributed by atoms with Crippen LogP contribution in [0.3, 0.4) is 0 Å². The topological polar surface area (TPSA) is 90.2 Å². The fraction of sp³-hybridized carbons (Fsp3) is 0.812. The fourth-order valence-corrected chi connectivity index (χ4v) is 3.30. The van der Waals surface area contributed by atoms with Crippen LogP contribution in [0.15, 0.2) is 11.6 Å². The maximum absolute atomic E-state index is 12.0. The van der Waals surface area contributed by atoms with E-state index in [0.29, 0.717) is 0 Å². The molecule has 126 valence electrons. The first-order valence-electron chi connectivity index (χ1n) is 7.92. The van der Waals surface area contributed by atoms with Crippen molar-refractivity contribution in [3.8, 4) is 0 Å². The van der Waals surface area contributed by atoms with E-state index in [1.165, 1.54) is 6.92 Å². The van der Waals surface area contributed by atoms with Crippen LogP contribution in [0, 0.1) is 5.92 Å². The molecule has 2 aliphatic heterocycles. The van der Waals surface area contributed by atoms with Gasteiger partial charge >= 0.3 is 5.97 Å². The summed E-state index contributed by atoms with van der Waals surface area (Å²) in [4.78, 5) is 14.2. The van der Waals surface area contributed by atoms with Crippen LogP contribution < -0.4 is 0 Å². The van der Waals surface area contributed by atoms with Gasteiger partial charge < -0.3 is 20.1 Å². The third-order valence-electron chi connectivity index (χ3n) is 4.99. The molecule has 0 aliphatic carbocycles. The normalized spacial score (nSPS) is 29.1.